The summed E-state index contributed by atoms with van der Waals surface area (Å²) < 4.78 is 0. The quantitative estimate of drug-likeness (QED) is 0.129. The molecular formula is C46H46IrN3. The summed E-state index contributed by atoms with van der Waals surface area (Å²) in [4.78, 5) is 15.9. The van der Waals surface area contributed by atoms with Crippen LogP contribution >= 0.6 is 0 Å². The van der Waals surface area contributed by atoms with Gasteiger partial charge in [0, 0.05) is 56.0 Å². The molecule has 50 heavy (non-hydrogen) atoms. The molecule has 1 atom stereocenters. The Morgan fingerprint density at radius 1 is 0.400 bits per heavy atom. The van der Waals surface area contributed by atoms with E-state index in [1.807, 2.05) is 48.7 Å². The van der Waals surface area contributed by atoms with Crippen molar-refractivity contribution in [3.63, 3.8) is 0 Å². The van der Waals surface area contributed by atoms with E-state index in [-0.39, 0.29) is 20.1 Å². The molecule has 0 bridgehead atoms. The Hall–Kier alpha value is -4.24. The van der Waals surface area contributed by atoms with Gasteiger partial charge in [-0.15, -0.1) is 16.7 Å². The van der Waals surface area contributed by atoms with Crippen LogP contribution in [0.3, 0.4) is 0 Å². The van der Waals surface area contributed by atoms with Crippen LogP contribution in [-0.4, -0.2) is 15.0 Å². The number of rotatable bonds is 10. The number of hydrogen-bond acceptors (Lipinski definition) is 3. The maximum absolute atomic E-state index is 5.56. The molecule has 0 spiro atoms. The minimum absolute atomic E-state index is 0. The third kappa shape index (κ3) is 6.18. The Morgan fingerprint density at radius 3 is 1.28 bits per heavy atom. The molecule has 0 saturated carbocycles. The van der Waals surface area contributed by atoms with Crippen LogP contribution in [0.5, 0.6) is 0 Å². The van der Waals surface area contributed by atoms with Crippen LogP contribution in [0.2, 0.25) is 0 Å². The zero-order chi connectivity index (χ0) is 34.9. The Kier molecular flexibility index (Phi) is 10.5. The first-order valence-electron chi connectivity index (χ1n) is 17.1. The SMILES string of the molecule is CC(c1[c-]cccc1)(c1[c-]cccc1)c1cccc(C(C)(C)C(C)(C)c2cccc(C(C)(c3[c-]cccc3)C(C)(C)c3ccccn3)n2)n1.[Ir+3]. The second kappa shape index (κ2) is 14.2. The van der Waals surface area contributed by atoms with Crippen molar-refractivity contribution in [2.75, 3.05) is 0 Å². The molecule has 254 valence electrons. The number of hydrogen-bond donors (Lipinski definition) is 0. The Labute approximate surface area is 313 Å². The molecule has 4 heteroatoms. The molecular weight excluding hydrogens is 787 g/mol. The van der Waals surface area contributed by atoms with Crippen LogP contribution in [0.25, 0.3) is 0 Å². The topological polar surface area (TPSA) is 38.7 Å². The first kappa shape index (κ1) is 37.0. The van der Waals surface area contributed by atoms with Gasteiger partial charge in [-0.05, 0) is 43.3 Å². The van der Waals surface area contributed by atoms with E-state index in [4.69, 9.17) is 15.0 Å². The van der Waals surface area contributed by atoms with Gasteiger partial charge in [0.05, 0.1) is 5.69 Å². The molecule has 0 aliphatic carbocycles. The van der Waals surface area contributed by atoms with Gasteiger partial charge in [0.25, 0.3) is 0 Å². The fourth-order valence-corrected chi connectivity index (χ4v) is 7.08. The van der Waals surface area contributed by atoms with Gasteiger partial charge in [-0.1, -0.05) is 66.7 Å². The predicted molar refractivity (Wildman–Crippen MR) is 200 cm³/mol. The van der Waals surface area contributed by atoms with E-state index in [1.165, 1.54) is 0 Å². The van der Waals surface area contributed by atoms with Gasteiger partial charge in [-0.25, -0.2) is 0 Å². The molecule has 3 nitrogen and oxygen atoms in total. The van der Waals surface area contributed by atoms with Crippen molar-refractivity contribution >= 4 is 0 Å². The molecule has 0 aliphatic rings. The van der Waals surface area contributed by atoms with Crippen molar-refractivity contribution in [2.45, 2.75) is 82.5 Å². The monoisotopic (exact) mass is 833 g/mol. The van der Waals surface area contributed by atoms with Gasteiger partial charge in [0.2, 0.25) is 0 Å². The predicted octanol–water partition coefficient (Wildman–Crippen LogP) is 10.2. The van der Waals surface area contributed by atoms with Crippen LogP contribution in [0.1, 0.15) is 101 Å². The number of aromatic nitrogens is 3. The molecule has 0 amide bonds. The summed E-state index contributed by atoms with van der Waals surface area (Å²) in [6.07, 6.45) is 1.87. The van der Waals surface area contributed by atoms with E-state index in [0.29, 0.717) is 0 Å². The molecule has 0 radical (unpaired) electrons. The molecule has 3 aromatic heterocycles. The summed E-state index contributed by atoms with van der Waals surface area (Å²) >= 11 is 0. The maximum Gasteiger partial charge on any atom is 3.00 e. The molecule has 6 aromatic rings. The van der Waals surface area contributed by atoms with Crippen LogP contribution < -0.4 is 0 Å². The maximum atomic E-state index is 5.56. The van der Waals surface area contributed by atoms with E-state index < -0.39 is 27.1 Å². The summed E-state index contributed by atoms with van der Waals surface area (Å²) in [6, 6.07) is 54.2. The van der Waals surface area contributed by atoms with Crippen molar-refractivity contribution in [3.8, 4) is 0 Å². The van der Waals surface area contributed by atoms with Crippen molar-refractivity contribution in [3.05, 3.63) is 197 Å². The van der Waals surface area contributed by atoms with Crippen LogP contribution in [0.15, 0.2) is 134 Å². The van der Waals surface area contributed by atoms with Gasteiger partial charge in [0.15, 0.2) is 0 Å². The Bertz CT molecular complexity index is 1970. The Morgan fingerprint density at radius 2 is 0.820 bits per heavy atom. The van der Waals surface area contributed by atoms with Crippen molar-refractivity contribution in [1.29, 1.82) is 0 Å². The second-order valence-electron chi connectivity index (χ2n) is 15.0. The van der Waals surface area contributed by atoms with Gasteiger partial charge in [-0.2, -0.15) is 91.0 Å². The average Bonchev–Trinajstić information content (AvgIpc) is 3.15. The number of pyridine rings is 3. The van der Waals surface area contributed by atoms with E-state index in [9.17, 15) is 0 Å². The largest absolute Gasteiger partial charge is 3.00 e. The van der Waals surface area contributed by atoms with Crippen molar-refractivity contribution in [1.82, 2.24) is 15.0 Å². The molecule has 6 rings (SSSR count). The zero-order valence-electron chi connectivity index (χ0n) is 30.4. The molecule has 0 aliphatic heterocycles. The Balaban J connectivity index is 0.00000486. The van der Waals surface area contributed by atoms with Gasteiger partial charge in [0.1, 0.15) is 0 Å². The van der Waals surface area contributed by atoms with Crippen LogP contribution in [0, 0.1) is 18.2 Å². The van der Waals surface area contributed by atoms with Gasteiger partial charge < -0.3 is 0 Å². The molecule has 0 fully saturated rings. The number of benzene rings is 3. The first-order valence-corrected chi connectivity index (χ1v) is 17.1. The minimum Gasteiger partial charge on any atom is -0.261 e. The first-order chi connectivity index (χ1) is 23.3. The standard InChI is InChI=1S/C46H46N3.Ir/c1-42(2,38-29-20-31-40(48-38)45(7,34-22-12-9-13-23-34)35-24-14-10-15-25-35)43(3,4)39-30-21-32-41(49-39)46(8,36-26-16-11-17-27-36)44(5,6)37-28-18-19-33-47-37;/h9-22,24,26,28-33H,1-8H3;/q-3;+3. The summed E-state index contributed by atoms with van der Waals surface area (Å²) in [6.45, 7) is 18.2. The van der Waals surface area contributed by atoms with E-state index in [0.717, 1.165) is 45.2 Å². The normalized spacial score (nSPS) is 13.6. The molecule has 3 aromatic carbocycles. The summed E-state index contributed by atoms with van der Waals surface area (Å²) in [5.74, 6) is 0. The van der Waals surface area contributed by atoms with Crippen LogP contribution in [0.4, 0.5) is 0 Å². The third-order valence-electron chi connectivity index (χ3n) is 11.7. The summed E-state index contributed by atoms with van der Waals surface area (Å²) in [5, 5.41) is 0. The smallest absolute Gasteiger partial charge is 0.261 e. The zero-order valence-corrected chi connectivity index (χ0v) is 32.8. The number of nitrogens with zero attached hydrogens (tertiary/aromatic N) is 3. The molecule has 0 saturated heterocycles. The van der Waals surface area contributed by atoms with E-state index in [2.05, 4.69) is 159 Å². The van der Waals surface area contributed by atoms with Crippen molar-refractivity contribution < 1.29 is 20.1 Å². The summed E-state index contributed by atoms with van der Waals surface area (Å²) in [5.41, 5.74) is 5.90. The van der Waals surface area contributed by atoms with Gasteiger partial charge >= 0.3 is 20.1 Å². The molecule has 1 unspecified atom stereocenters. The van der Waals surface area contributed by atoms with Gasteiger partial charge in [-0.3, -0.25) is 15.0 Å². The average molecular weight is 833 g/mol. The fraction of sp³-hybridized carbons (Fsp3) is 0.283. The second-order valence-corrected chi connectivity index (χ2v) is 15.0. The van der Waals surface area contributed by atoms with Crippen LogP contribution in [-0.2, 0) is 47.2 Å². The van der Waals surface area contributed by atoms with E-state index >= 15 is 0 Å². The minimum atomic E-state index is -0.540. The fourth-order valence-electron chi connectivity index (χ4n) is 7.08. The molecule has 0 N–H and O–H groups in total. The van der Waals surface area contributed by atoms with E-state index in [1.54, 1.807) is 0 Å². The van der Waals surface area contributed by atoms with Crippen molar-refractivity contribution in [2.24, 2.45) is 0 Å². The molecule has 3 heterocycles. The summed E-state index contributed by atoms with van der Waals surface area (Å²) in [7, 11) is 0. The third-order valence-corrected chi connectivity index (χ3v) is 11.7.